The van der Waals surface area contributed by atoms with Crippen molar-refractivity contribution in [3.05, 3.63) is 23.8 Å². The molecule has 1 rings (SSSR count). The van der Waals surface area contributed by atoms with Gasteiger partial charge >= 0.3 is 0 Å². The highest BCUT2D eigenvalue weighted by Gasteiger charge is 1.99. The molecule has 0 fully saturated rings. The first kappa shape index (κ1) is 10.9. The average molecular weight is 194 g/mol. The fraction of sp³-hybridized carbons (Fsp3) is 0.455. The van der Waals surface area contributed by atoms with Crippen LogP contribution in [0.1, 0.15) is 12.5 Å². The molecule has 1 aromatic carbocycles. The molecule has 0 amide bonds. The second-order valence-electron chi connectivity index (χ2n) is 3.54. The molecule has 0 aromatic heterocycles. The van der Waals surface area contributed by atoms with Crippen LogP contribution in [-0.4, -0.2) is 19.7 Å². The zero-order valence-electron chi connectivity index (χ0n) is 9.00. The molecule has 78 valence electrons. The molecule has 0 bridgehead atoms. The van der Waals surface area contributed by atoms with Crippen LogP contribution in [0.2, 0.25) is 0 Å². The van der Waals surface area contributed by atoms with Gasteiger partial charge in [0.15, 0.2) is 0 Å². The van der Waals surface area contributed by atoms with Gasteiger partial charge in [0.1, 0.15) is 5.75 Å². The van der Waals surface area contributed by atoms with Crippen molar-refractivity contribution in [2.75, 3.05) is 19.0 Å². The first-order valence-corrected chi connectivity index (χ1v) is 4.77. The van der Waals surface area contributed by atoms with Crippen LogP contribution in [0.4, 0.5) is 5.69 Å². The molecule has 3 nitrogen and oxygen atoms in total. The lowest BCUT2D eigenvalue weighted by atomic mass is 10.2. The lowest BCUT2D eigenvalue weighted by Crippen LogP contribution is -2.25. The highest BCUT2D eigenvalue weighted by molar-refractivity contribution is 5.50. The molecule has 14 heavy (non-hydrogen) atoms. The van der Waals surface area contributed by atoms with Crippen molar-refractivity contribution >= 4 is 5.69 Å². The Hall–Kier alpha value is -1.22. The van der Waals surface area contributed by atoms with Gasteiger partial charge in [0.2, 0.25) is 0 Å². The molecular formula is C11H18N2O. The van der Waals surface area contributed by atoms with E-state index in [-0.39, 0.29) is 6.04 Å². The van der Waals surface area contributed by atoms with Crippen molar-refractivity contribution in [1.29, 1.82) is 0 Å². The predicted octanol–water partition coefficient (Wildman–Crippen LogP) is 1.76. The SMILES string of the molecule is COc1ccc(NCC(C)N)cc1C. The summed E-state index contributed by atoms with van der Waals surface area (Å²) in [5, 5.41) is 3.26. The number of ether oxygens (including phenoxy) is 1. The standard InChI is InChI=1S/C11H18N2O/c1-8-6-10(13-7-9(2)12)4-5-11(8)14-3/h4-6,9,13H,7,12H2,1-3H3. The first-order valence-electron chi connectivity index (χ1n) is 4.77. The summed E-state index contributed by atoms with van der Waals surface area (Å²) in [4.78, 5) is 0. The largest absolute Gasteiger partial charge is 0.496 e. The van der Waals surface area contributed by atoms with Gasteiger partial charge < -0.3 is 15.8 Å². The van der Waals surface area contributed by atoms with Crippen molar-refractivity contribution in [3.63, 3.8) is 0 Å². The molecule has 1 atom stereocenters. The van der Waals surface area contributed by atoms with Crippen LogP contribution in [0.3, 0.4) is 0 Å². The third-order valence-electron chi connectivity index (χ3n) is 2.02. The van der Waals surface area contributed by atoms with Crippen LogP contribution < -0.4 is 15.8 Å². The Morgan fingerprint density at radius 3 is 2.71 bits per heavy atom. The van der Waals surface area contributed by atoms with Gasteiger partial charge in [-0.2, -0.15) is 0 Å². The van der Waals surface area contributed by atoms with Gasteiger partial charge in [-0.05, 0) is 37.6 Å². The van der Waals surface area contributed by atoms with Crippen molar-refractivity contribution in [2.45, 2.75) is 19.9 Å². The van der Waals surface area contributed by atoms with E-state index >= 15 is 0 Å². The highest BCUT2D eigenvalue weighted by atomic mass is 16.5. The van der Waals surface area contributed by atoms with E-state index in [1.807, 2.05) is 26.0 Å². The molecule has 0 saturated carbocycles. The number of rotatable bonds is 4. The summed E-state index contributed by atoms with van der Waals surface area (Å²) < 4.78 is 5.17. The Bertz CT molecular complexity index is 297. The lowest BCUT2D eigenvalue weighted by Gasteiger charge is -2.11. The summed E-state index contributed by atoms with van der Waals surface area (Å²) in [6, 6.07) is 6.17. The molecule has 3 N–H and O–H groups in total. The van der Waals surface area contributed by atoms with E-state index in [9.17, 15) is 0 Å². The summed E-state index contributed by atoms with van der Waals surface area (Å²) in [7, 11) is 1.68. The summed E-state index contributed by atoms with van der Waals surface area (Å²) in [6.07, 6.45) is 0. The van der Waals surface area contributed by atoms with Crippen LogP contribution >= 0.6 is 0 Å². The third-order valence-corrected chi connectivity index (χ3v) is 2.02. The fourth-order valence-electron chi connectivity index (χ4n) is 1.27. The molecule has 0 aliphatic heterocycles. The first-order chi connectivity index (χ1) is 6.63. The Kier molecular flexibility index (Phi) is 3.77. The molecule has 1 aromatic rings. The van der Waals surface area contributed by atoms with Crippen LogP contribution in [0.5, 0.6) is 5.75 Å². The molecule has 0 heterocycles. The Morgan fingerprint density at radius 2 is 2.21 bits per heavy atom. The maximum absolute atomic E-state index is 5.65. The minimum atomic E-state index is 0.164. The topological polar surface area (TPSA) is 47.3 Å². The van der Waals surface area contributed by atoms with Gasteiger partial charge in [-0.1, -0.05) is 0 Å². The molecule has 0 spiro atoms. The van der Waals surface area contributed by atoms with Crippen molar-refractivity contribution in [3.8, 4) is 5.75 Å². The van der Waals surface area contributed by atoms with Gasteiger partial charge in [-0.25, -0.2) is 0 Å². The number of hydrogen-bond donors (Lipinski definition) is 2. The van der Waals surface area contributed by atoms with E-state index in [2.05, 4.69) is 11.4 Å². The monoisotopic (exact) mass is 194 g/mol. The van der Waals surface area contributed by atoms with Crippen LogP contribution in [0.25, 0.3) is 0 Å². The molecule has 1 unspecified atom stereocenters. The normalized spacial score (nSPS) is 12.3. The Balaban J connectivity index is 2.66. The Labute approximate surface area is 85.3 Å². The zero-order chi connectivity index (χ0) is 10.6. The number of benzene rings is 1. The van der Waals surface area contributed by atoms with Crippen LogP contribution in [0, 0.1) is 6.92 Å². The van der Waals surface area contributed by atoms with Gasteiger partial charge in [-0.3, -0.25) is 0 Å². The molecule has 0 radical (unpaired) electrons. The molecular weight excluding hydrogens is 176 g/mol. The smallest absolute Gasteiger partial charge is 0.121 e. The number of anilines is 1. The maximum atomic E-state index is 5.65. The third kappa shape index (κ3) is 2.92. The minimum Gasteiger partial charge on any atom is -0.496 e. The summed E-state index contributed by atoms with van der Waals surface area (Å²) in [5.41, 5.74) is 7.86. The van der Waals surface area contributed by atoms with E-state index in [0.717, 1.165) is 23.5 Å². The number of aryl methyl sites for hydroxylation is 1. The summed E-state index contributed by atoms with van der Waals surface area (Å²) in [6.45, 7) is 4.78. The van der Waals surface area contributed by atoms with Gasteiger partial charge in [0.05, 0.1) is 7.11 Å². The van der Waals surface area contributed by atoms with Gasteiger partial charge in [0, 0.05) is 18.3 Å². The van der Waals surface area contributed by atoms with Crippen molar-refractivity contribution in [1.82, 2.24) is 0 Å². The molecule has 0 saturated heterocycles. The van der Waals surface area contributed by atoms with Crippen molar-refractivity contribution in [2.24, 2.45) is 5.73 Å². The summed E-state index contributed by atoms with van der Waals surface area (Å²) >= 11 is 0. The maximum Gasteiger partial charge on any atom is 0.121 e. The van der Waals surface area contributed by atoms with E-state index in [4.69, 9.17) is 10.5 Å². The van der Waals surface area contributed by atoms with E-state index in [0.29, 0.717) is 0 Å². The molecule has 0 aliphatic rings. The second-order valence-corrected chi connectivity index (χ2v) is 3.54. The van der Waals surface area contributed by atoms with Gasteiger partial charge in [-0.15, -0.1) is 0 Å². The highest BCUT2D eigenvalue weighted by Crippen LogP contribution is 2.21. The summed E-state index contributed by atoms with van der Waals surface area (Å²) in [5.74, 6) is 0.913. The number of methoxy groups -OCH3 is 1. The second kappa shape index (κ2) is 4.86. The molecule has 3 heteroatoms. The number of hydrogen-bond acceptors (Lipinski definition) is 3. The van der Waals surface area contributed by atoms with Crippen LogP contribution in [0.15, 0.2) is 18.2 Å². The average Bonchev–Trinajstić information content (AvgIpc) is 2.15. The zero-order valence-corrected chi connectivity index (χ0v) is 9.00. The number of nitrogens with one attached hydrogen (secondary N) is 1. The molecule has 0 aliphatic carbocycles. The van der Waals surface area contributed by atoms with E-state index in [1.54, 1.807) is 7.11 Å². The number of nitrogens with two attached hydrogens (primary N) is 1. The predicted molar refractivity (Wildman–Crippen MR) is 59.9 cm³/mol. The minimum absolute atomic E-state index is 0.164. The van der Waals surface area contributed by atoms with Crippen molar-refractivity contribution < 1.29 is 4.74 Å². The Morgan fingerprint density at radius 1 is 1.50 bits per heavy atom. The van der Waals surface area contributed by atoms with Crippen LogP contribution in [-0.2, 0) is 0 Å². The quantitative estimate of drug-likeness (QED) is 0.767. The van der Waals surface area contributed by atoms with E-state index in [1.165, 1.54) is 0 Å². The van der Waals surface area contributed by atoms with Gasteiger partial charge in [0.25, 0.3) is 0 Å². The van der Waals surface area contributed by atoms with E-state index < -0.39 is 0 Å². The fourth-order valence-corrected chi connectivity index (χ4v) is 1.27. The lowest BCUT2D eigenvalue weighted by molar-refractivity contribution is 0.412.